The van der Waals surface area contributed by atoms with Crippen LogP contribution in [0.4, 0.5) is 11.4 Å². The molecule has 0 radical (unpaired) electrons. The van der Waals surface area contributed by atoms with E-state index in [0.717, 1.165) is 42.3 Å². The van der Waals surface area contributed by atoms with Crippen molar-refractivity contribution in [1.29, 1.82) is 0 Å². The maximum Gasteiger partial charge on any atom is 0.243 e. The predicted octanol–water partition coefficient (Wildman–Crippen LogP) is 6.12. The topological polar surface area (TPSA) is 59.6 Å². The second-order valence-electron chi connectivity index (χ2n) is 7.89. The highest BCUT2D eigenvalue weighted by atomic mass is 16.5. The molecule has 0 aromatic heterocycles. The fraction of sp³-hybridized carbons (Fsp3) is 0.480. The van der Waals surface area contributed by atoms with Gasteiger partial charge in [-0.1, -0.05) is 40.0 Å². The predicted molar refractivity (Wildman–Crippen MR) is 125 cm³/mol. The van der Waals surface area contributed by atoms with Crippen LogP contribution in [0.25, 0.3) is 0 Å². The lowest BCUT2D eigenvalue weighted by Gasteiger charge is -2.11. The molecule has 2 aromatic carbocycles. The van der Waals surface area contributed by atoms with E-state index in [1.54, 1.807) is 0 Å². The zero-order valence-corrected chi connectivity index (χ0v) is 18.6. The largest absolute Gasteiger partial charge is 0.494 e. The molecule has 0 fully saturated rings. The van der Waals surface area contributed by atoms with Crippen LogP contribution in [0.5, 0.6) is 11.5 Å². The van der Waals surface area contributed by atoms with E-state index in [9.17, 15) is 4.79 Å². The Hall–Kier alpha value is -2.69. The van der Waals surface area contributed by atoms with Crippen molar-refractivity contribution in [2.45, 2.75) is 52.9 Å². The number of ether oxygens (including phenoxy) is 2. The van der Waals surface area contributed by atoms with Crippen LogP contribution in [-0.2, 0) is 4.79 Å². The molecule has 2 aromatic rings. The van der Waals surface area contributed by atoms with Gasteiger partial charge in [-0.15, -0.1) is 0 Å². The lowest BCUT2D eigenvalue weighted by Crippen LogP contribution is -2.21. The Bertz CT molecular complexity index is 727. The third kappa shape index (κ3) is 9.68. The van der Waals surface area contributed by atoms with Crippen LogP contribution in [0.2, 0.25) is 0 Å². The van der Waals surface area contributed by atoms with E-state index >= 15 is 0 Å². The van der Waals surface area contributed by atoms with Crippen molar-refractivity contribution in [3.05, 3.63) is 48.5 Å². The van der Waals surface area contributed by atoms with Gasteiger partial charge in [0, 0.05) is 11.4 Å². The van der Waals surface area contributed by atoms with E-state index in [2.05, 4.69) is 31.4 Å². The normalized spacial score (nSPS) is 10.7. The first kappa shape index (κ1) is 23.6. The Morgan fingerprint density at radius 2 is 1.43 bits per heavy atom. The van der Waals surface area contributed by atoms with E-state index < -0.39 is 0 Å². The summed E-state index contributed by atoms with van der Waals surface area (Å²) in [5, 5.41) is 6.02. The van der Waals surface area contributed by atoms with Gasteiger partial charge in [-0.3, -0.25) is 4.79 Å². The van der Waals surface area contributed by atoms with Crippen molar-refractivity contribution in [1.82, 2.24) is 0 Å². The molecule has 0 bridgehead atoms. The quantitative estimate of drug-likeness (QED) is 0.367. The van der Waals surface area contributed by atoms with Gasteiger partial charge in [-0.05, 0) is 67.3 Å². The summed E-state index contributed by atoms with van der Waals surface area (Å²) in [7, 11) is 0. The number of hydrogen-bond acceptors (Lipinski definition) is 4. The van der Waals surface area contributed by atoms with Crippen molar-refractivity contribution < 1.29 is 14.3 Å². The SMILES string of the molecule is CCCCCCOc1ccc(NCC(=O)Nc2ccc(OCCC(C)C)cc2)cc1. The summed E-state index contributed by atoms with van der Waals surface area (Å²) in [5.41, 5.74) is 1.64. The van der Waals surface area contributed by atoms with E-state index in [0.29, 0.717) is 12.5 Å². The van der Waals surface area contributed by atoms with Crippen LogP contribution in [0, 0.1) is 5.92 Å². The van der Waals surface area contributed by atoms with Gasteiger partial charge in [0.05, 0.1) is 19.8 Å². The molecule has 0 aliphatic rings. The number of anilines is 2. The lowest BCUT2D eigenvalue weighted by molar-refractivity contribution is -0.114. The smallest absolute Gasteiger partial charge is 0.243 e. The molecule has 5 nitrogen and oxygen atoms in total. The van der Waals surface area contributed by atoms with Gasteiger partial charge < -0.3 is 20.1 Å². The Balaban J connectivity index is 1.67. The average Bonchev–Trinajstić information content (AvgIpc) is 2.74. The number of nitrogens with one attached hydrogen (secondary N) is 2. The molecule has 2 N–H and O–H groups in total. The molecule has 1 amide bonds. The molecule has 0 saturated carbocycles. The van der Waals surface area contributed by atoms with Crippen molar-refractivity contribution in [3.63, 3.8) is 0 Å². The third-order valence-electron chi connectivity index (χ3n) is 4.68. The van der Waals surface area contributed by atoms with Gasteiger partial charge in [0.25, 0.3) is 0 Å². The summed E-state index contributed by atoms with van der Waals surface area (Å²) in [6, 6.07) is 15.2. The van der Waals surface area contributed by atoms with Crippen LogP contribution in [0.1, 0.15) is 52.9 Å². The van der Waals surface area contributed by atoms with Crippen molar-refractivity contribution in [2.75, 3.05) is 30.4 Å². The van der Waals surface area contributed by atoms with Gasteiger partial charge in [-0.25, -0.2) is 0 Å². The fourth-order valence-corrected chi connectivity index (χ4v) is 2.82. The van der Waals surface area contributed by atoms with E-state index in [4.69, 9.17) is 9.47 Å². The first-order valence-corrected chi connectivity index (χ1v) is 11.1. The molecule has 0 saturated heterocycles. The highest BCUT2D eigenvalue weighted by molar-refractivity contribution is 5.93. The maximum atomic E-state index is 12.2. The molecule has 0 atom stereocenters. The molecule has 5 heteroatoms. The zero-order chi connectivity index (χ0) is 21.6. The van der Waals surface area contributed by atoms with Crippen molar-refractivity contribution in [3.8, 4) is 11.5 Å². The zero-order valence-electron chi connectivity index (χ0n) is 18.6. The molecule has 30 heavy (non-hydrogen) atoms. The Kier molecular flexibility index (Phi) is 10.6. The Morgan fingerprint density at radius 3 is 2.03 bits per heavy atom. The summed E-state index contributed by atoms with van der Waals surface area (Å²) in [6.07, 6.45) is 5.80. The molecule has 0 aliphatic heterocycles. The van der Waals surface area contributed by atoms with Gasteiger partial charge >= 0.3 is 0 Å². The van der Waals surface area contributed by atoms with Gasteiger partial charge in [0.2, 0.25) is 5.91 Å². The number of unbranched alkanes of at least 4 members (excludes halogenated alkanes) is 3. The molecule has 0 spiro atoms. The minimum atomic E-state index is -0.0975. The summed E-state index contributed by atoms with van der Waals surface area (Å²) >= 11 is 0. The molecule has 2 rings (SSSR count). The van der Waals surface area contributed by atoms with Crippen molar-refractivity contribution >= 4 is 17.3 Å². The number of hydrogen-bond donors (Lipinski definition) is 2. The van der Waals surface area contributed by atoms with Gasteiger partial charge in [0.15, 0.2) is 0 Å². The average molecular weight is 413 g/mol. The summed E-state index contributed by atoms with van der Waals surface area (Å²) in [6.45, 7) is 8.20. The Morgan fingerprint density at radius 1 is 0.833 bits per heavy atom. The highest BCUT2D eigenvalue weighted by Gasteiger charge is 2.04. The second-order valence-corrected chi connectivity index (χ2v) is 7.89. The lowest BCUT2D eigenvalue weighted by atomic mass is 10.1. The number of carbonyl (C=O) groups is 1. The minimum absolute atomic E-state index is 0.0975. The van der Waals surface area contributed by atoms with E-state index in [1.165, 1.54) is 19.3 Å². The van der Waals surface area contributed by atoms with E-state index in [1.807, 2.05) is 48.5 Å². The highest BCUT2D eigenvalue weighted by Crippen LogP contribution is 2.18. The minimum Gasteiger partial charge on any atom is -0.494 e. The van der Waals surface area contributed by atoms with Gasteiger partial charge in [-0.2, -0.15) is 0 Å². The van der Waals surface area contributed by atoms with Gasteiger partial charge in [0.1, 0.15) is 11.5 Å². The maximum absolute atomic E-state index is 12.2. The first-order valence-electron chi connectivity index (χ1n) is 11.1. The van der Waals surface area contributed by atoms with Crippen LogP contribution >= 0.6 is 0 Å². The standard InChI is InChI=1S/C25H36N2O3/c1-4-5-6-7-17-29-23-12-8-21(9-13-23)26-19-25(28)27-22-10-14-24(15-11-22)30-18-16-20(2)3/h8-15,20,26H,4-7,16-19H2,1-3H3,(H,27,28). The van der Waals surface area contributed by atoms with E-state index in [-0.39, 0.29) is 12.5 Å². The third-order valence-corrected chi connectivity index (χ3v) is 4.68. The van der Waals surface area contributed by atoms with Crippen LogP contribution in [0.3, 0.4) is 0 Å². The number of benzene rings is 2. The molecule has 164 valence electrons. The number of rotatable bonds is 14. The second kappa shape index (κ2) is 13.5. The summed E-state index contributed by atoms with van der Waals surface area (Å²) in [4.78, 5) is 12.2. The summed E-state index contributed by atoms with van der Waals surface area (Å²) < 4.78 is 11.4. The fourth-order valence-electron chi connectivity index (χ4n) is 2.82. The molecular weight excluding hydrogens is 376 g/mol. The molecule has 0 heterocycles. The monoisotopic (exact) mass is 412 g/mol. The van der Waals surface area contributed by atoms with Crippen LogP contribution < -0.4 is 20.1 Å². The Labute approximate surface area is 181 Å². The number of carbonyl (C=O) groups excluding carboxylic acids is 1. The molecular formula is C25H36N2O3. The molecule has 0 unspecified atom stereocenters. The summed E-state index contributed by atoms with van der Waals surface area (Å²) in [5.74, 6) is 2.20. The van der Waals surface area contributed by atoms with Crippen molar-refractivity contribution in [2.24, 2.45) is 5.92 Å². The van der Waals surface area contributed by atoms with Crippen LogP contribution in [-0.4, -0.2) is 25.7 Å². The number of amides is 1. The molecule has 0 aliphatic carbocycles. The first-order chi connectivity index (χ1) is 14.6. The van der Waals surface area contributed by atoms with Crippen LogP contribution in [0.15, 0.2) is 48.5 Å².